The minimum atomic E-state index is 0.202. The molecular formula is C6H12N2OS. The lowest BCUT2D eigenvalue weighted by Crippen LogP contribution is -2.42. The zero-order valence-electron chi connectivity index (χ0n) is 5.82. The van der Waals surface area contributed by atoms with E-state index in [0.717, 1.165) is 25.1 Å². The maximum atomic E-state index is 10.1. The summed E-state index contributed by atoms with van der Waals surface area (Å²) in [7, 11) is 0. The van der Waals surface area contributed by atoms with E-state index < -0.39 is 0 Å². The zero-order chi connectivity index (χ0) is 7.40. The van der Waals surface area contributed by atoms with Crippen LogP contribution >= 0.6 is 11.8 Å². The molecule has 0 radical (unpaired) electrons. The van der Waals surface area contributed by atoms with E-state index in [9.17, 15) is 4.79 Å². The SMILES string of the molecule is NC1CN(CC=O)CCS1. The van der Waals surface area contributed by atoms with Crippen molar-refractivity contribution in [1.29, 1.82) is 0 Å². The molecule has 0 saturated carbocycles. The summed E-state index contributed by atoms with van der Waals surface area (Å²) in [6.45, 7) is 2.38. The van der Waals surface area contributed by atoms with Crippen molar-refractivity contribution in [3.05, 3.63) is 0 Å². The Balaban J connectivity index is 2.24. The third kappa shape index (κ3) is 2.28. The van der Waals surface area contributed by atoms with E-state index in [4.69, 9.17) is 5.73 Å². The van der Waals surface area contributed by atoms with Gasteiger partial charge in [-0.1, -0.05) is 0 Å². The van der Waals surface area contributed by atoms with E-state index >= 15 is 0 Å². The molecule has 0 aromatic carbocycles. The van der Waals surface area contributed by atoms with Crippen LogP contribution < -0.4 is 5.73 Å². The van der Waals surface area contributed by atoms with E-state index in [1.165, 1.54) is 0 Å². The number of aldehydes is 1. The van der Waals surface area contributed by atoms with Gasteiger partial charge in [0, 0.05) is 18.8 Å². The summed E-state index contributed by atoms with van der Waals surface area (Å²) in [5, 5.41) is 0.202. The maximum absolute atomic E-state index is 10.1. The van der Waals surface area contributed by atoms with Crippen LogP contribution in [0.1, 0.15) is 0 Å². The fourth-order valence-corrected chi connectivity index (χ4v) is 1.99. The van der Waals surface area contributed by atoms with Gasteiger partial charge in [-0.2, -0.15) is 0 Å². The monoisotopic (exact) mass is 160 g/mol. The van der Waals surface area contributed by atoms with Gasteiger partial charge in [-0.05, 0) is 0 Å². The highest BCUT2D eigenvalue weighted by Gasteiger charge is 2.15. The van der Waals surface area contributed by atoms with Gasteiger partial charge in [0.25, 0.3) is 0 Å². The van der Waals surface area contributed by atoms with Gasteiger partial charge < -0.3 is 10.5 Å². The second-order valence-electron chi connectivity index (χ2n) is 2.34. The molecule has 1 aliphatic rings. The second kappa shape index (κ2) is 3.95. The third-order valence-corrected chi connectivity index (χ3v) is 2.51. The van der Waals surface area contributed by atoms with Crippen LogP contribution in [0, 0.1) is 0 Å². The van der Waals surface area contributed by atoms with E-state index in [2.05, 4.69) is 4.90 Å². The highest BCUT2D eigenvalue weighted by molar-refractivity contribution is 7.99. The number of hydrogen-bond acceptors (Lipinski definition) is 4. The first kappa shape index (κ1) is 8.04. The summed E-state index contributed by atoms with van der Waals surface area (Å²) in [6, 6.07) is 0. The lowest BCUT2D eigenvalue weighted by molar-refractivity contribution is -0.108. The molecule has 1 fully saturated rings. The summed E-state index contributed by atoms with van der Waals surface area (Å²) in [6.07, 6.45) is 0.933. The van der Waals surface area contributed by atoms with Crippen molar-refractivity contribution in [3.8, 4) is 0 Å². The maximum Gasteiger partial charge on any atom is 0.133 e. The average Bonchev–Trinajstić information content (AvgIpc) is 1.88. The number of carbonyl (C=O) groups excluding carboxylic acids is 1. The molecule has 3 nitrogen and oxygen atoms in total. The Labute approximate surface area is 64.9 Å². The molecule has 0 bridgehead atoms. The Bertz CT molecular complexity index is 120. The first-order chi connectivity index (χ1) is 4.83. The van der Waals surface area contributed by atoms with Crippen LogP contribution in [0.2, 0.25) is 0 Å². The van der Waals surface area contributed by atoms with E-state index in [1.54, 1.807) is 11.8 Å². The van der Waals surface area contributed by atoms with Gasteiger partial charge in [-0.25, -0.2) is 0 Å². The normalized spacial score (nSPS) is 28.3. The van der Waals surface area contributed by atoms with Gasteiger partial charge in [-0.15, -0.1) is 11.8 Å². The van der Waals surface area contributed by atoms with Crippen LogP contribution in [0.3, 0.4) is 0 Å². The highest BCUT2D eigenvalue weighted by Crippen LogP contribution is 2.12. The van der Waals surface area contributed by atoms with Gasteiger partial charge in [-0.3, -0.25) is 4.90 Å². The Kier molecular flexibility index (Phi) is 3.18. The first-order valence-corrected chi connectivity index (χ1v) is 4.41. The van der Waals surface area contributed by atoms with E-state index in [1.807, 2.05) is 0 Å². The molecular weight excluding hydrogens is 148 g/mol. The molecule has 0 spiro atoms. The van der Waals surface area contributed by atoms with Crippen LogP contribution in [0.4, 0.5) is 0 Å². The topological polar surface area (TPSA) is 46.3 Å². The van der Waals surface area contributed by atoms with Crippen molar-refractivity contribution >= 4 is 18.0 Å². The zero-order valence-corrected chi connectivity index (χ0v) is 6.64. The van der Waals surface area contributed by atoms with Crippen LogP contribution in [0.25, 0.3) is 0 Å². The number of rotatable bonds is 2. The molecule has 10 heavy (non-hydrogen) atoms. The molecule has 58 valence electrons. The number of hydrogen-bond donors (Lipinski definition) is 1. The van der Waals surface area contributed by atoms with Crippen molar-refractivity contribution in [1.82, 2.24) is 4.90 Å². The van der Waals surface area contributed by atoms with Crippen molar-refractivity contribution in [2.75, 3.05) is 25.4 Å². The first-order valence-electron chi connectivity index (χ1n) is 3.36. The molecule has 1 saturated heterocycles. The Morgan fingerprint density at radius 3 is 3.20 bits per heavy atom. The fourth-order valence-electron chi connectivity index (χ4n) is 1.00. The summed E-state index contributed by atoms with van der Waals surface area (Å²) in [5.41, 5.74) is 5.66. The summed E-state index contributed by atoms with van der Waals surface area (Å²) < 4.78 is 0. The van der Waals surface area contributed by atoms with Crippen molar-refractivity contribution < 1.29 is 4.79 Å². The van der Waals surface area contributed by atoms with Crippen molar-refractivity contribution in [2.24, 2.45) is 5.73 Å². The molecule has 4 heteroatoms. The molecule has 0 aromatic rings. The molecule has 0 aromatic heterocycles. The summed E-state index contributed by atoms with van der Waals surface area (Å²) >= 11 is 1.77. The van der Waals surface area contributed by atoms with Crippen molar-refractivity contribution in [2.45, 2.75) is 5.37 Å². The number of nitrogens with two attached hydrogens (primary N) is 1. The Morgan fingerprint density at radius 2 is 2.60 bits per heavy atom. The molecule has 1 aliphatic heterocycles. The van der Waals surface area contributed by atoms with Crippen LogP contribution in [-0.4, -0.2) is 41.9 Å². The number of carbonyl (C=O) groups is 1. The molecule has 2 N–H and O–H groups in total. The lowest BCUT2D eigenvalue weighted by Gasteiger charge is -2.28. The van der Waals surface area contributed by atoms with E-state index in [0.29, 0.717) is 6.54 Å². The number of thioether (sulfide) groups is 1. The molecule has 1 unspecified atom stereocenters. The third-order valence-electron chi connectivity index (χ3n) is 1.51. The lowest BCUT2D eigenvalue weighted by atomic mass is 10.4. The standard InChI is InChI=1S/C6H12N2OS/c7-6-5-8(1-3-9)2-4-10-6/h3,6H,1-2,4-5,7H2. The van der Waals surface area contributed by atoms with Gasteiger partial charge in [0.2, 0.25) is 0 Å². The quantitative estimate of drug-likeness (QED) is 0.554. The van der Waals surface area contributed by atoms with Gasteiger partial charge >= 0.3 is 0 Å². The minimum Gasteiger partial charge on any atom is -0.318 e. The molecule has 0 aliphatic carbocycles. The Hall–Kier alpha value is -0.0600. The highest BCUT2D eigenvalue weighted by atomic mass is 32.2. The summed E-state index contributed by atoms with van der Waals surface area (Å²) in [5.74, 6) is 1.05. The van der Waals surface area contributed by atoms with Crippen LogP contribution in [0.15, 0.2) is 0 Å². The minimum absolute atomic E-state index is 0.202. The largest absolute Gasteiger partial charge is 0.318 e. The van der Waals surface area contributed by atoms with Crippen LogP contribution in [-0.2, 0) is 4.79 Å². The molecule has 1 atom stereocenters. The van der Waals surface area contributed by atoms with Gasteiger partial charge in [0.1, 0.15) is 6.29 Å². The predicted octanol–water partition coefficient (Wildman–Crippen LogP) is -0.481. The van der Waals surface area contributed by atoms with Gasteiger partial charge in [0.15, 0.2) is 0 Å². The smallest absolute Gasteiger partial charge is 0.133 e. The van der Waals surface area contributed by atoms with Crippen LogP contribution in [0.5, 0.6) is 0 Å². The van der Waals surface area contributed by atoms with Crippen molar-refractivity contribution in [3.63, 3.8) is 0 Å². The molecule has 1 heterocycles. The average molecular weight is 160 g/mol. The predicted molar refractivity (Wildman–Crippen MR) is 42.9 cm³/mol. The second-order valence-corrected chi connectivity index (χ2v) is 3.68. The van der Waals surface area contributed by atoms with E-state index in [-0.39, 0.29) is 5.37 Å². The summed E-state index contributed by atoms with van der Waals surface area (Å²) in [4.78, 5) is 12.2. The molecule has 0 amide bonds. The molecule has 1 rings (SSSR count). The number of nitrogens with zero attached hydrogens (tertiary/aromatic N) is 1. The van der Waals surface area contributed by atoms with Gasteiger partial charge in [0.05, 0.1) is 11.9 Å². The Morgan fingerprint density at radius 1 is 1.80 bits per heavy atom. The fraction of sp³-hybridized carbons (Fsp3) is 0.833.